The van der Waals surface area contributed by atoms with Crippen LogP contribution in [0.4, 0.5) is 0 Å². The lowest BCUT2D eigenvalue weighted by molar-refractivity contribution is 0.413. The van der Waals surface area contributed by atoms with Crippen LogP contribution < -0.4 is 10.5 Å². The molecule has 1 aliphatic carbocycles. The molecule has 2 aromatic rings. The van der Waals surface area contributed by atoms with E-state index in [0.29, 0.717) is 0 Å². The van der Waals surface area contributed by atoms with Crippen molar-refractivity contribution in [2.24, 2.45) is 5.73 Å². The summed E-state index contributed by atoms with van der Waals surface area (Å²) in [7, 11) is 1.68. The first-order valence-electron chi connectivity index (χ1n) is 7.62. The van der Waals surface area contributed by atoms with E-state index < -0.39 is 0 Å². The lowest BCUT2D eigenvalue weighted by Gasteiger charge is -2.26. The number of methoxy groups -OCH3 is 1. The first-order valence-corrected chi connectivity index (χ1v) is 7.62. The molecule has 3 rings (SSSR count). The van der Waals surface area contributed by atoms with Crippen molar-refractivity contribution in [3.63, 3.8) is 0 Å². The highest BCUT2D eigenvalue weighted by molar-refractivity contribution is 5.38. The maximum absolute atomic E-state index is 6.57. The van der Waals surface area contributed by atoms with Gasteiger partial charge in [0.15, 0.2) is 0 Å². The average Bonchev–Trinajstić information content (AvgIpc) is 2.94. The molecule has 0 radical (unpaired) electrons. The Morgan fingerprint density at radius 1 is 1.05 bits per heavy atom. The quantitative estimate of drug-likeness (QED) is 0.929. The third-order valence-electron chi connectivity index (χ3n) is 4.48. The zero-order valence-corrected chi connectivity index (χ0v) is 12.9. The van der Waals surface area contributed by atoms with E-state index in [9.17, 15) is 0 Å². The van der Waals surface area contributed by atoms with Gasteiger partial charge in [-0.2, -0.15) is 0 Å². The summed E-state index contributed by atoms with van der Waals surface area (Å²) in [5, 5.41) is 0. The van der Waals surface area contributed by atoms with E-state index in [0.717, 1.165) is 17.7 Å². The van der Waals surface area contributed by atoms with Gasteiger partial charge >= 0.3 is 0 Å². The zero-order chi connectivity index (χ0) is 14.9. The van der Waals surface area contributed by atoms with Crippen molar-refractivity contribution >= 4 is 0 Å². The van der Waals surface area contributed by atoms with E-state index in [4.69, 9.17) is 10.5 Å². The topological polar surface area (TPSA) is 35.2 Å². The van der Waals surface area contributed by atoms with Gasteiger partial charge in [-0.3, -0.25) is 0 Å². The standard InChI is InChI=1S/C19H23NO/c1-19(20,17-8-10-18(21-2)11-9-17)13-14-6-7-15-4-3-5-16(15)12-14/h6-12H,3-5,13,20H2,1-2H3. The van der Waals surface area contributed by atoms with Crippen LogP contribution in [0.5, 0.6) is 5.75 Å². The molecule has 0 aromatic heterocycles. The highest BCUT2D eigenvalue weighted by atomic mass is 16.5. The summed E-state index contributed by atoms with van der Waals surface area (Å²) in [4.78, 5) is 0. The minimum absolute atomic E-state index is 0.362. The molecule has 0 spiro atoms. The molecule has 0 amide bonds. The van der Waals surface area contributed by atoms with Crippen LogP contribution in [0.2, 0.25) is 0 Å². The Morgan fingerprint density at radius 2 is 1.76 bits per heavy atom. The number of hydrogen-bond donors (Lipinski definition) is 1. The predicted octanol–water partition coefficient (Wildman–Crippen LogP) is 3.60. The molecular formula is C19H23NO. The molecule has 2 heteroatoms. The minimum Gasteiger partial charge on any atom is -0.497 e. The summed E-state index contributed by atoms with van der Waals surface area (Å²) < 4.78 is 5.21. The maximum atomic E-state index is 6.57. The van der Waals surface area contributed by atoms with E-state index in [2.05, 4.69) is 37.3 Å². The lowest BCUT2D eigenvalue weighted by Crippen LogP contribution is -2.35. The number of nitrogens with two attached hydrogens (primary N) is 1. The number of benzene rings is 2. The van der Waals surface area contributed by atoms with E-state index in [1.165, 1.54) is 36.0 Å². The second-order valence-electron chi connectivity index (χ2n) is 6.28. The summed E-state index contributed by atoms with van der Waals surface area (Å²) in [5.74, 6) is 0.868. The van der Waals surface area contributed by atoms with Gasteiger partial charge in [0.2, 0.25) is 0 Å². The van der Waals surface area contributed by atoms with Crippen molar-refractivity contribution in [1.82, 2.24) is 0 Å². The number of ether oxygens (including phenoxy) is 1. The fourth-order valence-electron chi connectivity index (χ4n) is 3.23. The molecular weight excluding hydrogens is 258 g/mol. The van der Waals surface area contributed by atoms with Crippen LogP contribution in [0.25, 0.3) is 0 Å². The predicted molar refractivity (Wildman–Crippen MR) is 86.7 cm³/mol. The molecule has 1 atom stereocenters. The van der Waals surface area contributed by atoms with Crippen molar-refractivity contribution in [1.29, 1.82) is 0 Å². The third kappa shape index (κ3) is 2.96. The smallest absolute Gasteiger partial charge is 0.118 e. The largest absolute Gasteiger partial charge is 0.497 e. The van der Waals surface area contributed by atoms with Gasteiger partial charge in [-0.05, 0) is 67.0 Å². The zero-order valence-electron chi connectivity index (χ0n) is 12.9. The van der Waals surface area contributed by atoms with Crippen molar-refractivity contribution < 1.29 is 4.74 Å². The van der Waals surface area contributed by atoms with Crippen molar-refractivity contribution in [3.05, 3.63) is 64.7 Å². The van der Waals surface area contributed by atoms with Crippen LogP contribution in [0.1, 0.15) is 35.6 Å². The Morgan fingerprint density at radius 3 is 2.48 bits per heavy atom. The summed E-state index contributed by atoms with van der Waals surface area (Å²) in [6, 6.07) is 14.9. The van der Waals surface area contributed by atoms with Gasteiger partial charge in [-0.1, -0.05) is 30.3 Å². The Kier molecular flexibility index (Phi) is 3.73. The van der Waals surface area contributed by atoms with Gasteiger partial charge in [-0.15, -0.1) is 0 Å². The van der Waals surface area contributed by atoms with E-state index >= 15 is 0 Å². The number of fused-ring (bicyclic) bond motifs is 1. The first kappa shape index (κ1) is 14.2. The van der Waals surface area contributed by atoms with Crippen LogP contribution in [-0.2, 0) is 24.8 Å². The summed E-state index contributed by atoms with van der Waals surface area (Å²) in [5.41, 5.74) is 11.7. The molecule has 1 unspecified atom stereocenters. The van der Waals surface area contributed by atoms with Gasteiger partial charge in [0.05, 0.1) is 7.11 Å². The average molecular weight is 281 g/mol. The van der Waals surface area contributed by atoms with Gasteiger partial charge in [0, 0.05) is 5.54 Å². The molecule has 0 heterocycles. The number of aryl methyl sites for hydroxylation is 2. The van der Waals surface area contributed by atoms with Crippen molar-refractivity contribution in [2.45, 2.75) is 38.1 Å². The molecule has 1 aliphatic rings. The second kappa shape index (κ2) is 5.53. The van der Waals surface area contributed by atoms with Gasteiger partial charge in [0.25, 0.3) is 0 Å². The van der Waals surface area contributed by atoms with E-state index in [1.807, 2.05) is 12.1 Å². The van der Waals surface area contributed by atoms with Gasteiger partial charge in [-0.25, -0.2) is 0 Å². The Hall–Kier alpha value is -1.80. The Labute approximate surface area is 126 Å². The highest BCUT2D eigenvalue weighted by Gasteiger charge is 2.22. The fourth-order valence-corrected chi connectivity index (χ4v) is 3.23. The van der Waals surface area contributed by atoms with Crippen LogP contribution in [0.15, 0.2) is 42.5 Å². The minimum atomic E-state index is -0.362. The second-order valence-corrected chi connectivity index (χ2v) is 6.28. The molecule has 0 bridgehead atoms. The third-order valence-corrected chi connectivity index (χ3v) is 4.48. The highest BCUT2D eigenvalue weighted by Crippen LogP contribution is 2.28. The van der Waals surface area contributed by atoms with Crippen LogP contribution in [0, 0.1) is 0 Å². The molecule has 2 aromatic carbocycles. The maximum Gasteiger partial charge on any atom is 0.118 e. The molecule has 0 saturated carbocycles. The summed E-state index contributed by atoms with van der Waals surface area (Å²) in [6.07, 6.45) is 4.59. The molecule has 2 nitrogen and oxygen atoms in total. The van der Waals surface area contributed by atoms with Crippen LogP contribution in [0.3, 0.4) is 0 Å². The molecule has 0 saturated heterocycles. The number of hydrogen-bond acceptors (Lipinski definition) is 2. The van der Waals surface area contributed by atoms with Crippen LogP contribution >= 0.6 is 0 Å². The Bertz CT molecular complexity index is 629. The molecule has 0 aliphatic heterocycles. The molecule has 0 fully saturated rings. The summed E-state index contributed by atoms with van der Waals surface area (Å²) in [6.45, 7) is 2.10. The molecule has 2 N–H and O–H groups in total. The van der Waals surface area contributed by atoms with Crippen molar-refractivity contribution in [2.75, 3.05) is 7.11 Å². The lowest BCUT2D eigenvalue weighted by atomic mass is 9.86. The fraction of sp³-hybridized carbons (Fsp3) is 0.368. The SMILES string of the molecule is COc1ccc(C(C)(N)Cc2ccc3c(c2)CCC3)cc1. The van der Waals surface area contributed by atoms with Crippen molar-refractivity contribution in [3.8, 4) is 5.75 Å². The summed E-state index contributed by atoms with van der Waals surface area (Å²) >= 11 is 0. The Balaban J connectivity index is 1.81. The van der Waals surface area contributed by atoms with Crippen LogP contribution in [-0.4, -0.2) is 7.11 Å². The first-order chi connectivity index (χ1) is 10.1. The van der Waals surface area contributed by atoms with Gasteiger partial charge < -0.3 is 10.5 Å². The molecule has 110 valence electrons. The number of rotatable bonds is 4. The van der Waals surface area contributed by atoms with E-state index in [-0.39, 0.29) is 5.54 Å². The normalized spacial score (nSPS) is 16.3. The molecule has 21 heavy (non-hydrogen) atoms. The van der Waals surface area contributed by atoms with Gasteiger partial charge in [0.1, 0.15) is 5.75 Å². The monoisotopic (exact) mass is 281 g/mol. The van der Waals surface area contributed by atoms with E-state index in [1.54, 1.807) is 7.11 Å².